The van der Waals surface area contributed by atoms with Crippen LogP contribution in [0.2, 0.25) is 0 Å². The van der Waals surface area contributed by atoms with Gasteiger partial charge < -0.3 is 14.7 Å². The van der Waals surface area contributed by atoms with Crippen LogP contribution in [0, 0.1) is 5.82 Å². The second kappa shape index (κ2) is 10.3. The third-order valence-corrected chi connectivity index (χ3v) is 9.20. The van der Waals surface area contributed by atoms with Crippen molar-refractivity contribution in [3.05, 3.63) is 47.8 Å². The zero-order valence-electron chi connectivity index (χ0n) is 20.4. The molecule has 0 atom stereocenters. The van der Waals surface area contributed by atoms with Crippen molar-refractivity contribution in [2.75, 3.05) is 61.9 Å². The highest BCUT2D eigenvalue weighted by Crippen LogP contribution is 2.30. The molecule has 2 saturated heterocycles. The number of rotatable bonds is 7. The Bertz CT molecular complexity index is 1350. The maximum Gasteiger partial charge on any atom is 0.256 e. The number of nitrogens with one attached hydrogen (secondary N) is 1. The van der Waals surface area contributed by atoms with Gasteiger partial charge in [-0.25, -0.2) is 25.9 Å². The summed E-state index contributed by atoms with van der Waals surface area (Å²) in [6.45, 7) is 4.88. The summed E-state index contributed by atoms with van der Waals surface area (Å²) in [7, 11) is -7.25. The second-order valence-corrected chi connectivity index (χ2v) is 12.8. The van der Waals surface area contributed by atoms with Gasteiger partial charge in [0.05, 0.1) is 21.0 Å². The molecule has 0 aromatic heterocycles. The maximum absolute atomic E-state index is 14.7. The molecule has 12 heteroatoms. The lowest BCUT2D eigenvalue weighted by Crippen LogP contribution is -2.49. The minimum absolute atomic E-state index is 0.0438. The summed E-state index contributed by atoms with van der Waals surface area (Å²) in [6, 6.07) is 8.53. The van der Waals surface area contributed by atoms with E-state index < -0.39 is 25.7 Å². The molecule has 4 rings (SSSR count). The Balaban J connectivity index is 1.56. The predicted molar refractivity (Wildman–Crippen MR) is 136 cm³/mol. The van der Waals surface area contributed by atoms with Crippen molar-refractivity contribution in [3.8, 4) is 0 Å². The Morgan fingerprint density at radius 2 is 1.44 bits per heavy atom. The van der Waals surface area contributed by atoms with E-state index in [0.29, 0.717) is 31.7 Å². The second-order valence-electron chi connectivity index (χ2n) is 9.04. The molecule has 2 aromatic rings. The van der Waals surface area contributed by atoms with Crippen molar-refractivity contribution in [2.45, 2.75) is 29.6 Å². The van der Waals surface area contributed by atoms with Crippen LogP contribution in [0.15, 0.2) is 46.2 Å². The highest BCUT2D eigenvalue weighted by molar-refractivity contribution is 7.90. The molecule has 1 amide bonds. The normalized spacial score (nSPS) is 17.0. The fraction of sp³-hybridized carbons (Fsp3) is 0.458. The van der Waals surface area contributed by atoms with E-state index >= 15 is 0 Å². The van der Waals surface area contributed by atoms with Gasteiger partial charge >= 0.3 is 0 Å². The van der Waals surface area contributed by atoms with Gasteiger partial charge in [-0.15, -0.1) is 0 Å². The monoisotopic (exact) mass is 538 g/mol. The fourth-order valence-electron chi connectivity index (χ4n) is 4.66. The van der Waals surface area contributed by atoms with Crippen LogP contribution in [0.25, 0.3) is 0 Å². The molecule has 0 radical (unpaired) electrons. The lowest BCUT2D eigenvalue weighted by Gasteiger charge is -2.37. The Kier molecular flexibility index (Phi) is 7.58. The van der Waals surface area contributed by atoms with Gasteiger partial charge in [0.25, 0.3) is 5.91 Å². The van der Waals surface area contributed by atoms with E-state index in [-0.39, 0.29) is 27.9 Å². The predicted octanol–water partition coefficient (Wildman–Crippen LogP) is 2.09. The van der Waals surface area contributed by atoms with Crippen LogP contribution >= 0.6 is 0 Å². The van der Waals surface area contributed by atoms with Crippen LogP contribution in [0.1, 0.15) is 30.1 Å². The Morgan fingerprint density at radius 1 is 0.861 bits per heavy atom. The number of sulfonamides is 1. The van der Waals surface area contributed by atoms with Crippen LogP contribution in [-0.4, -0.2) is 79.7 Å². The van der Waals surface area contributed by atoms with Crippen molar-refractivity contribution in [2.24, 2.45) is 0 Å². The van der Waals surface area contributed by atoms with Gasteiger partial charge in [0.2, 0.25) is 10.0 Å². The lowest BCUT2D eigenvalue weighted by molar-refractivity contribution is 0.0747. The third-order valence-electron chi connectivity index (χ3n) is 6.54. The number of benzene rings is 2. The van der Waals surface area contributed by atoms with Gasteiger partial charge in [0, 0.05) is 57.8 Å². The average molecular weight is 539 g/mol. The number of amides is 1. The molecule has 2 aliphatic rings. The van der Waals surface area contributed by atoms with E-state index in [1.165, 1.54) is 24.3 Å². The van der Waals surface area contributed by atoms with E-state index in [0.717, 1.165) is 43.9 Å². The van der Waals surface area contributed by atoms with Crippen molar-refractivity contribution in [1.82, 2.24) is 9.62 Å². The minimum atomic E-state index is -3.73. The molecule has 0 aliphatic carbocycles. The Labute approximate surface area is 211 Å². The molecular formula is C24H31FN4O5S2. The van der Waals surface area contributed by atoms with E-state index in [4.69, 9.17) is 0 Å². The zero-order chi connectivity index (χ0) is 26.1. The number of piperazine rings is 1. The fourth-order valence-corrected chi connectivity index (χ4v) is 6.36. The first kappa shape index (κ1) is 26.4. The van der Waals surface area contributed by atoms with Gasteiger partial charge in [-0.3, -0.25) is 4.79 Å². The molecule has 0 saturated carbocycles. The first-order valence-electron chi connectivity index (χ1n) is 11.9. The Morgan fingerprint density at radius 3 is 2.03 bits per heavy atom. The maximum atomic E-state index is 14.7. The van der Waals surface area contributed by atoms with E-state index in [1.807, 2.05) is 0 Å². The first-order chi connectivity index (χ1) is 17.0. The topological polar surface area (TPSA) is 107 Å². The van der Waals surface area contributed by atoms with E-state index in [1.54, 1.807) is 22.8 Å². The van der Waals surface area contributed by atoms with Crippen LogP contribution in [0.3, 0.4) is 0 Å². The molecule has 0 spiro atoms. The van der Waals surface area contributed by atoms with E-state index in [2.05, 4.69) is 9.62 Å². The molecule has 2 fully saturated rings. The van der Waals surface area contributed by atoms with Crippen LogP contribution < -0.4 is 14.5 Å². The third kappa shape index (κ3) is 5.50. The van der Waals surface area contributed by atoms with Crippen LogP contribution in [-0.2, 0) is 19.9 Å². The summed E-state index contributed by atoms with van der Waals surface area (Å²) in [6.07, 6.45) is 3.04. The van der Waals surface area contributed by atoms with Gasteiger partial charge in [-0.1, -0.05) is 6.92 Å². The highest BCUT2D eigenvalue weighted by atomic mass is 32.2. The smallest absolute Gasteiger partial charge is 0.256 e. The molecule has 2 aliphatic heterocycles. The molecule has 0 unspecified atom stereocenters. The van der Waals surface area contributed by atoms with Gasteiger partial charge in [0.15, 0.2) is 9.84 Å². The lowest BCUT2D eigenvalue weighted by atomic mass is 10.1. The number of anilines is 2. The summed E-state index contributed by atoms with van der Waals surface area (Å²) in [5.41, 5.74) is 1.34. The number of hydrogen-bond donors (Lipinski definition) is 1. The SMILES string of the molecule is CCNS(=O)(=O)c1ccc(N2CCCC2)c(C(=O)N2CCN(c3ccc(S(C)(=O)=O)cc3F)CC2)c1. The minimum Gasteiger partial charge on any atom is -0.371 e. The summed E-state index contributed by atoms with van der Waals surface area (Å²) < 4.78 is 65.8. The summed E-state index contributed by atoms with van der Waals surface area (Å²) in [4.78, 5) is 19.1. The summed E-state index contributed by atoms with van der Waals surface area (Å²) in [5.74, 6) is -0.895. The number of hydrogen-bond acceptors (Lipinski definition) is 7. The van der Waals surface area contributed by atoms with Gasteiger partial charge in [0.1, 0.15) is 5.82 Å². The zero-order valence-corrected chi connectivity index (χ0v) is 22.0. The van der Waals surface area contributed by atoms with Crippen molar-refractivity contribution >= 4 is 37.1 Å². The standard InChI is InChI=1S/C24H31FN4O5S2/c1-3-26-36(33,34)19-7-8-22(27-10-4-5-11-27)20(16-19)24(30)29-14-12-28(13-15-29)23-9-6-18(17-21(23)25)35(2,31)32/h6-9,16-17,26H,3-5,10-15H2,1-2H3. The summed E-state index contributed by atoms with van der Waals surface area (Å²) in [5, 5.41) is 0. The largest absolute Gasteiger partial charge is 0.371 e. The molecule has 0 bridgehead atoms. The molecule has 9 nitrogen and oxygen atoms in total. The Hall–Kier alpha value is -2.70. The number of nitrogens with zero attached hydrogens (tertiary/aromatic N) is 3. The quantitative estimate of drug-likeness (QED) is 0.575. The number of carbonyl (C=O) groups excluding carboxylic acids is 1. The molecule has 36 heavy (non-hydrogen) atoms. The van der Waals surface area contributed by atoms with Gasteiger partial charge in [-0.05, 0) is 49.2 Å². The van der Waals surface area contributed by atoms with Crippen LogP contribution in [0.4, 0.5) is 15.8 Å². The van der Waals surface area contributed by atoms with Crippen molar-refractivity contribution in [3.63, 3.8) is 0 Å². The number of sulfone groups is 1. The molecule has 2 aromatic carbocycles. The van der Waals surface area contributed by atoms with Crippen LogP contribution in [0.5, 0.6) is 0 Å². The molecular weight excluding hydrogens is 507 g/mol. The first-order valence-corrected chi connectivity index (χ1v) is 15.3. The number of halogens is 1. The molecule has 1 N–H and O–H groups in total. The molecule has 196 valence electrons. The van der Waals surface area contributed by atoms with Crippen molar-refractivity contribution in [1.29, 1.82) is 0 Å². The van der Waals surface area contributed by atoms with Gasteiger partial charge in [-0.2, -0.15) is 0 Å². The number of carbonyl (C=O) groups is 1. The average Bonchev–Trinajstić information content (AvgIpc) is 3.37. The summed E-state index contributed by atoms with van der Waals surface area (Å²) >= 11 is 0. The van der Waals surface area contributed by atoms with Crippen molar-refractivity contribution < 1.29 is 26.0 Å². The molecule has 2 heterocycles. The highest BCUT2D eigenvalue weighted by Gasteiger charge is 2.29. The van der Waals surface area contributed by atoms with E-state index in [9.17, 15) is 26.0 Å².